The highest BCUT2D eigenvalue weighted by molar-refractivity contribution is 5.89. The normalized spacial score (nSPS) is 11.9. The number of carboxylic acid groups (broad SMARTS) is 1. The van der Waals surface area contributed by atoms with Crippen LogP contribution < -0.4 is 5.56 Å². The van der Waals surface area contributed by atoms with Crippen LogP contribution in [0.1, 0.15) is 28.0 Å². The van der Waals surface area contributed by atoms with Crippen LogP contribution in [0.3, 0.4) is 0 Å². The predicted molar refractivity (Wildman–Crippen MR) is 44.0 cm³/mol. The molecule has 4 nitrogen and oxygen atoms in total. The number of H-pyrrole nitrogens is 1. The van der Waals surface area contributed by atoms with Crippen molar-refractivity contribution in [2.24, 2.45) is 0 Å². The molecule has 0 aromatic carbocycles. The van der Waals surface area contributed by atoms with E-state index in [2.05, 4.69) is 0 Å². The molecule has 0 aliphatic carbocycles. The second kappa shape index (κ2) is 4.15. The van der Waals surface area contributed by atoms with Gasteiger partial charge in [-0.1, -0.05) is 0 Å². The van der Waals surface area contributed by atoms with Gasteiger partial charge in [0, 0.05) is 6.07 Å². The van der Waals surface area contributed by atoms with Gasteiger partial charge in [-0.25, -0.2) is 13.6 Å². The van der Waals surface area contributed by atoms with E-state index < -0.39 is 41.0 Å². The molecule has 0 unspecified atom stereocenters. The number of hydrogen-bond acceptors (Lipinski definition) is 2. The maximum Gasteiger partial charge on any atom is 0.419 e. The molecule has 2 N–H and O–H groups in total. The predicted octanol–water partition coefficient (Wildman–Crippen LogP) is 2.03. The van der Waals surface area contributed by atoms with Crippen molar-refractivity contribution in [1.82, 2.24) is 4.98 Å². The van der Waals surface area contributed by atoms with Gasteiger partial charge < -0.3 is 10.1 Å². The number of hydrogen-bond donors (Lipinski definition) is 2. The number of aromatic carboxylic acids is 1. The summed E-state index contributed by atoms with van der Waals surface area (Å²) in [5, 5.41) is 8.46. The van der Waals surface area contributed by atoms with Crippen molar-refractivity contribution in [2.45, 2.75) is 12.6 Å². The molecule has 9 heteroatoms. The van der Waals surface area contributed by atoms with Gasteiger partial charge in [-0.15, -0.1) is 0 Å². The third-order valence-electron chi connectivity index (χ3n) is 1.80. The fourth-order valence-corrected chi connectivity index (χ4v) is 1.22. The topological polar surface area (TPSA) is 70.2 Å². The largest absolute Gasteiger partial charge is 0.478 e. The summed E-state index contributed by atoms with van der Waals surface area (Å²) in [6.45, 7) is 0. The lowest BCUT2D eigenvalue weighted by molar-refractivity contribution is -0.140. The lowest BCUT2D eigenvalue weighted by atomic mass is 10.1. The molecule has 0 radical (unpaired) electrons. The molecule has 94 valence electrons. The Hall–Kier alpha value is -1.93. The molecule has 0 amide bonds. The molecule has 1 rings (SSSR count). The SMILES string of the molecule is O=C(O)c1cc(=O)[nH]c(C(F)F)c1C(F)(F)F. The van der Waals surface area contributed by atoms with Crippen molar-refractivity contribution in [3.8, 4) is 0 Å². The molecule has 0 saturated carbocycles. The van der Waals surface area contributed by atoms with Crippen molar-refractivity contribution >= 4 is 5.97 Å². The molecule has 0 atom stereocenters. The first-order valence-electron chi connectivity index (χ1n) is 4.00. The molecule has 17 heavy (non-hydrogen) atoms. The molecule has 0 aliphatic rings. The fraction of sp³-hybridized carbons (Fsp3) is 0.250. The van der Waals surface area contributed by atoms with Crippen molar-refractivity contribution in [3.63, 3.8) is 0 Å². The molecule has 1 aromatic rings. The Morgan fingerprint density at radius 3 is 2.24 bits per heavy atom. The van der Waals surface area contributed by atoms with Crippen LogP contribution in [0.2, 0.25) is 0 Å². The smallest absolute Gasteiger partial charge is 0.419 e. The Morgan fingerprint density at radius 1 is 1.35 bits per heavy atom. The molecule has 0 saturated heterocycles. The molecule has 0 spiro atoms. The van der Waals surface area contributed by atoms with Crippen molar-refractivity contribution in [3.05, 3.63) is 33.2 Å². The summed E-state index contributed by atoms with van der Waals surface area (Å²) >= 11 is 0. The zero-order valence-electron chi connectivity index (χ0n) is 7.81. The van der Waals surface area contributed by atoms with Gasteiger partial charge in [0.15, 0.2) is 0 Å². The quantitative estimate of drug-likeness (QED) is 0.796. The van der Waals surface area contributed by atoms with Gasteiger partial charge in [0.25, 0.3) is 6.43 Å². The molecule has 0 bridgehead atoms. The Morgan fingerprint density at radius 2 is 1.88 bits per heavy atom. The number of halogens is 5. The monoisotopic (exact) mass is 257 g/mol. The van der Waals surface area contributed by atoms with Crippen LogP contribution in [0, 0.1) is 0 Å². The summed E-state index contributed by atoms with van der Waals surface area (Å²) in [6.07, 6.45) is -8.94. The second-order valence-corrected chi connectivity index (χ2v) is 2.94. The van der Waals surface area contributed by atoms with Gasteiger partial charge in [-0.2, -0.15) is 13.2 Å². The average molecular weight is 257 g/mol. The molecule has 1 heterocycles. The number of nitrogens with one attached hydrogen (secondary N) is 1. The summed E-state index contributed by atoms with van der Waals surface area (Å²) in [6, 6.07) is 0.108. The summed E-state index contributed by atoms with van der Waals surface area (Å²) in [5.74, 6) is -2.11. The van der Waals surface area contributed by atoms with Crippen molar-refractivity contribution in [1.29, 1.82) is 0 Å². The molecular formula is C8H4F5NO3. The number of rotatable bonds is 2. The van der Waals surface area contributed by atoms with Crippen LogP contribution in [-0.2, 0) is 6.18 Å². The zero-order valence-corrected chi connectivity index (χ0v) is 7.81. The summed E-state index contributed by atoms with van der Waals surface area (Å²) in [7, 11) is 0. The fourth-order valence-electron chi connectivity index (χ4n) is 1.22. The van der Waals surface area contributed by atoms with Gasteiger partial charge in [-0.05, 0) is 0 Å². The van der Waals surface area contributed by atoms with Gasteiger partial charge in [0.2, 0.25) is 5.56 Å². The number of pyridine rings is 1. The van der Waals surface area contributed by atoms with E-state index >= 15 is 0 Å². The minimum atomic E-state index is -5.30. The van der Waals surface area contributed by atoms with Crippen LogP contribution >= 0.6 is 0 Å². The Bertz CT molecular complexity index is 505. The maximum absolute atomic E-state index is 12.4. The lowest BCUT2D eigenvalue weighted by Crippen LogP contribution is -2.23. The first kappa shape index (κ1) is 13.1. The van der Waals surface area contributed by atoms with Crippen LogP contribution in [-0.4, -0.2) is 16.1 Å². The third kappa shape index (κ3) is 2.60. The van der Waals surface area contributed by atoms with Gasteiger partial charge in [0.05, 0.1) is 16.8 Å². The highest BCUT2D eigenvalue weighted by Crippen LogP contribution is 2.36. The summed E-state index contributed by atoms with van der Waals surface area (Å²) in [5.41, 5.74) is -6.63. The molecule has 0 aliphatic heterocycles. The van der Waals surface area contributed by atoms with E-state index in [-0.39, 0.29) is 6.07 Å². The Balaban J connectivity index is 3.72. The van der Waals surface area contributed by atoms with E-state index in [0.717, 1.165) is 0 Å². The van der Waals surface area contributed by atoms with Crippen LogP contribution in [0.25, 0.3) is 0 Å². The number of aromatic amines is 1. The molecule has 1 aromatic heterocycles. The minimum absolute atomic E-state index is 0.108. The first-order valence-corrected chi connectivity index (χ1v) is 4.00. The van der Waals surface area contributed by atoms with E-state index in [1.807, 2.05) is 0 Å². The van der Waals surface area contributed by atoms with E-state index in [0.29, 0.717) is 0 Å². The number of alkyl halides is 5. The average Bonchev–Trinajstić information content (AvgIpc) is 2.14. The van der Waals surface area contributed by atoms with Gasteiger partial charge in [0.1, 0.15) is 0 Å². The Labute approximate surface area is 89.7 Å². The van der Waals surface area contributed by atoms with Crippen LogP contribution in [0.15, 0.2) is 10.9 Å². The van der Waals surface area contributed by atoms with E-state index in [1.165, 1.54) is 4.98 Å². The standard InChI is InChI=1S/C8H4F5NO3/c9-6(10)5-4(8(11,12)13)2(7(16)17)1-3(15)14-5/h1,6H,(H,14,15)(H,16,17). The minimum Gasteiger partial charge on any atom is -0.478 e. The molecule has 0 fully saturated rings. The van der Waals surface area contributed by atoms with Gasteiger partial charge in [-0.3, -0.25) is 4.79 Å². The first-order chi connectivity index (χ1) is 7.64. The van der Waals surface area contributed by atoms with Crippen LogP contribution in [0.4, 0.5) is 22.0 Å². The van der Waals surface area contributed by atoms with Crippen LogP contribution in [0.5, 0.6) is 0 Å². The van der Waals surface area contributed by atoms with E-state index in [1.54, 1.807) is 0 Å². The lowest BCUT2D eigenvalue weighted by Gasteiger charge is -2.14. The summed E-state index contributed by atoms with van der Waals surface area (Å²) in [4.78, 5) is 22.6. The highest BCUT2D eigenvalue weighted by atomic mass is 19.4. The zero-order chi connectivity index (χ0) is 13.4. The highest BCUT2D eigenvalue weighted by Gasteiger charge is 2.41. The van der Waals surface area contributed by atoms with E-state index in [4.69, 9.17) is 5.11 Å². The number of carbonyl (C=O) groups is 1. The van der Waals surface area contributed by atoms with Crippen molar-refractivity contribution < 1.29 is 31.9 Å². The number of aromatic nitrogens is 1. The van der Waals surface area contributed by atoms with E-state index in [9.17, 15) is 31.5 Å². The third-order valence-corrected chi connectivity index (χ3v) is 1.80. The Kier molecular flexibility index (Phi) is 3.21. The number of carboxylic acids is 1. The molecular weight excluding hydrogens is 253 g/mol. The maximum atomic E-state index is 12.4. The second-order valence-electron chi connectivity index (χ2n) is 2.94. The van der Waals surface area contributed by atoms with Gasteiger partial charge >= 0.3 is 12.1 Å². The summed E-state index contributed by atoms with van der Waals surface area (Å²) < 4.78 is 62.0. The van der Waals surface area contributed by atoms with Crippen molar-refractivity contribution in [2.75, 3.05) is 0 Å².